The summed E-state index contributed by atoms with van der Waals surface area (Å²) in [6.45, 7) is 2.17. The minimum absolute atomic E-state index is 0.0350. The normalized spacial score (nSPS) is 14.2. The Labute approximate surface area is 254 Å². The van der Waals surface area contributed by atoms with Gasteiger partial charge in [-0.1, -0.05) is 56.9 Å². The summed E-state index contributed by atoms with van der Waals surface area (Å²) in [4.78, 5) is 27.1. The first-order chi connectivity index (χ1) is 21.1. The number of fused-ring (bicyclic) bond motifs is 2. The third-order valence-electron chi connectivity index (χ3n) is 8.78. The molecule has 1 N–H and O–H groups in total. The summed E-state index contributed by atoms with van der Waals surface area (Å²) in [5.41, 5.74) is 7.91. The molecule has 0 bridgehead atoms. The molecule has 6 heteroatoms. The third kappa shape index (κ3) is 6.96. The van der Waals surface area contributed by atoms with Gasteiger partial charge in [-0.2, -0.15) is 0 Å². The van der Waals surface area contributed by atoms with Gasteiger partial charge in [0.15, 0.2) is 17.5 Å². The van der Waals surface area contributed by atoms with Crippen LogP contribution in [0, 0.1) is 0 Å². The summed E-state index contributed by atoms with van der Waals surface area (Å²) >= 11 is 0. The number of carbonyl (C=O) groups excluding carboxylic acids is 1. The highest BCUT2D eigenvalue weighted by Crippen LogP contribution is 2.34. The highest BCUT2D eigenvalue weighted by Gasteiger charge is 2.19. The van der Waals surface area contributed by atoms with Crippen molar-refractivity contribution >= 4 is 5.97 Å². The van der Waals surface area contributed by atoms with E-state index in [9.17, 15) is 9.90 Å². The van der Waals surface area contributed by atoms with E-state index in [4.69, 9.17) is 19.7 Å². The fourth-order valence-electron chi connectivity index (χ4n) is 6.32. The van der Waals surface area contributed by atoms with E-state index >= 15 is 0 Å². The van der Waals surface area contributed by atoms with Gasteiger partial charge in [0.05, 0.1) is 5.56 Å². The maximum Gasteiger partial charge on any atom is 0.311 e. The van der Waals surface area contributed by atoms with Gasteiger partial charge >= 0.3 is 5.97 Å². The molecular formula is C37H41N3O3. The standard InChI is InChI=1S/C37H41N3O3/c1-2-3-4-5-6-15-34(42)43-31-20-21-32(33(41)24-31)37-39-35(29-18-16-25-11-7-9-13-27(25)22-29)38-36(40-37)30-19-17-26-12-8-10-14-28(26)23-30/h16-24,41H,2-15H2,1H3. The van der Waals surface area contributed by atoms with Crippen molar-refractivity contribution in [1.29, 1.82) is 0 Å². The summed E-state index contributed by atoms with van der Waals surface area (Å²) in [7, 11) is 0. The van der Waals surface area contributed by atoms with Crippen molar-refractivity contribution < 1.29 is 14.6 Å². The molecule has 222 valence electrons. The van der Waals surface area contributed by atoms with E-state index in [2.05, 4.69) is 43.3 Å². The average molecular weight is 576 g/mol. The highest BCUT2D eigenvalue weighted by atomic mass is 16.5. The van der Waals surface area contributed by atoms with Crippen molar-refractivity contribution in [2.75, 3.05) is 0 Å². The molecule has 0 atom stereocenters. The molecular weight excluding hydrogens is 534 g/mol. The number of hydrogen-bond acceptors (Lipinski definition) is 6. The van der Waals surface area contributed by atoms with Crippen LogP contribution in [-0.4, -0.2) is 26.0 Å². The molecule has 6 rings (SSSR count). The summed E-state index contributed by atoms with van der Waals surface area (Å²) < 4.78 is 5.53. The lowest BCUT2D eigenvalue weighted by molar-refractivity contribution is -0.134. The van der Waals surface area contributed by atoms with E-state index in [1.54, 1.807) is 12.1 Å². The van der Waals surface area contributed by atoms with Gasteiger partial charge in [0.25, 0.3) is 0 Å². The van der Waals surface area contributed by atoms with Crippen LogP contribution in [0.5, 0.6) is 11.5 Å². The van der Waals surface area contributed by atoms with E-state index in [0.29, 0.717) is 35.2 Å². The second-order valence-electron chi connectivity index (χ2n) is 12.0. The van der Waals surface area contributed by atoms with Gasteiger partial charge in [0.2, 0.25) is 0 Å². The predicted octanol–water partition coefficient (Wildman–Crippen LogP) is 8.60. The van der Waals surface area contributed by atoms with Crippen LogP contribution < -0.4 is 4.74 Å². The van der Waals surface area contributed by atoms with Gasteiger partial charge < -0.3 is 9.84 Å². The lowest BCUT2D eigenvalue weighted by Gasteiger charge is -2.18. The summed E-state index contributed by atoms with van der Waals surface area (Å²) in [6, 6.07) is 17.9. The Hall–Kier alpha value is -4.06. The fourth-order valence-corrected chi connectivity index (χ4v) is 6.32. The number of carbonyl (C=O) groups is 1. The first kappa shape index (κ1) is 29.0. The molecule has 1 aromatic heterocycles. The molecule has 2 aliphatic rings. The van der Waals surface area contributed by atoms with Crippen LogP contribution in [0.25, 0.3) is 34.2 Å². The van der Waals surface area contributed by atoms with Crippen molar-refractivity contribution in [3.05, 3.63) is 76.9 Å². The van der Waals surface area contributed by atoms with E-state index < -0.39 is 0 Å². The number of ether oxygens (including phenoxy) is 1. The van der Waals surface area contributed by atoms with Crippen molar-refractivity contribution in [2.24, 2.45) is 0 Å². The molecule has 0 saturated carbocycles. The van der Waals surface area contributed by atoms with Crippen LogP contribution in [0.1, 0.15) is 93.4 Å². The zero-order valence-electron chi connectivity index (χ0n) is 25.2. The maximum absolute atomic E-state index is 12.4. The molecule has 0 aliphatic heterocycles. The predicted molar refractivity (Wildman–Crippen MR) is 170 cm³/mol. The Morgan fingerprint density at radius 1 is 0.674 bits per heavy atom. The number of nitrogens with zero attached hydrogens (tertiary/aromatic N) is 3. The Morgan fingerprint density at radius 2 is 1.23 bits per heavy atom. The summed E-state index contributed by atoms with van der Waals surface area (Å²) in [5.74, 6) is 1.56. The molecule has 0 amide bonds. The Bertz CT molecular complexity index is 1540. The second kappa shape index (κ2) is 13.5. The zero-order valence-corrected chi connectivity index (χ0v) is 25.2. The first-order valence-corrected chi connectivity index (χ1v) is 16.1. The maximum atomic E-state index is 12.4. The van der Waals surface area contributed by atoms with Gasteiger partial charge in [0.1, 0.15) is 11.5 Å². The van der Waals surface area contributed by atoms with Crippen LogP contribution in [0.3, 0.4) is 0 Å². The Balaban J connectivity index is 1.32. The van der Waals surface area contributed by atoms with E-state index in [1.807, 2.05) is 0 Å². The number of phenolic OH excluding ortho intramolecular Hbond substituents is 1. The van der Waals surface area contributed by atoms with Crippen LogP contribution in [-0.2, 0) is 30.5 Å². The summed E-state index contributed by atoms with van der Waals surface area (Å²) in [5, 5.41) is 11.1. The van der Waals surface area contributed by atoms with Crippen molar-refractivity contribution in [1.82, 2.24) is 15.0 Å². The van der Waals surface area contributed by atoms with Crippen molar-refractivity contribution in [3.8, 4) is 45.7 Å². The molecule has 0 unspecified atom stereocenters. The minimum Gasteiger partial charge on any atom is -0.507 e. The molecule has 0 fully saturated rings. The molecule has 3 aromatic carbocycles. The number of esters is 1. The number of aromatic nitrogens is 3. The molecule has 4 aromatic rings. The second-order valence-corrected chi connectivity index (χ2v) is 12.0. The minimum atomic E-state index is -0.284. The number of benzene rings is 3. The number of unbranched alkanes of at least 4 members (excludes halogenated alkanes) is 4. The topological polar surface area (TPSA) is 85.2 Å². The molecule has 0 spiro atoms. The lowest BCUT2D eigenvalue weighted by Crippen LogP contribution is -2.07. The van der Waals surface area contributed by atoms with Gasteiger partial charge in [0, 0.05) is 23.6 Å². The van der Waals surface area contributed by atoms with Gasteiger partial charge in [-0.3, -0.25) is 4.79 Å². The molecule has 6 nitrogen and oxygen atoms in total. The Kier molecular flexibility index (Phi) is 9.11. The number of aromatic hydroxyl groups is 1. The lowest BCUT2D eigenvalue weighted by atomic mass is 9.90. The zero-order chi connectivity index (χ0) is 29.6. The van der Waals surface area contributed by atoms with E-state index in [1.165, 1.54) is 66.8 Å². The number of aryl methyl sites for hydroxylation is 4. The van der Waals surface area contributed by atoms with Gasteiger partial charge in [-0.25, -0.2) is 15.0 Å². The smallest absolute Gasteiger partial charge is 0.311 e. The third-order valence-corrected chi connectivity index (χ3v) is 8.78. The van der Waals surface area contributed by atoms with Crippen molar-refractivity contribution in [2.45, 2.75) is 96.8 Å². The number of hydrogen-bond donors (Lipinski definition) is 1. The van der Waals surface area contributed by atoms with Gasteiger partial charge in [-0.15, -0.1) is 0 Å². The number of phenols is 1. The largest absolute Gasteiger partial charge is 0.507 e. The quantitative estimate of drug-likeness (QED) is 0.116. The highest BCUT2D eigenvalue weighted by molar-refractivity contribution is 5.74. The molecule has 2 aliphatic carbocycles. The fraction of sp³-hybridized carbons (Fsp3) is 0.405. The first-order valence-electron chi connectivity index (χ1n) is 16.1. The van der Waals surface area contributed by atoms with E-state index in [0.717, 1.165) is 56.1 Å². The van der Waals surface area contributed by atoms with Crippen LogP contribution in [0.4, 0.5) is 0 Å². The van der Waals surface area contributed by atoms with E-state index in [-0.39, 0.29) is 11.7 Å². The molecule has 0 radical (unpaired) electrons. The molecule has 0 saturated heterocycles. The van der Waals surface area contributed by atoms with Crippen LogP contribution in [0.2, 0.25) is 0 Å². The van der Waals surface area contributed by atoms with Crippen LogP contribution >= 0.6 is 0 Å². The number of rotatable bonds is 10. The average Bonchev–Trinajstić information content (AvgIpc) is 3.04. The molecule has 1 heterocycles. The van der Waals surface area contributed by atoms with Crippen molar-refractivity contribution in [3.63, 3.8) is 0 Å². The van der Waals surface area contributed by atoms with Gasteiger partial charge in [-0.05, 0) is 104 Å². The molecule has 43 heavy (non-hydrogen) atoms. The summed E-state index contributed by atoms with van der Waals surface area (Å²) in [6.07, 6.45) is 14.9. The Morgan fingerprint density at radius 3 is 1.81 bits per heavy atom. The SMILES string of the molecule is CCCCCCCC(=O)Oc1ccc(-c2nc(-c3ccc4c(c3)CCCC4)nc(-c3ccc4c(c3)CCCC4)n2)c(O)c1. The monoisotopic (exact) mass is 575 g/mol. The van der Waals surface area contributed by atoms with Crippen LogP contribution in [0.15, 0.2) is 54.6 Å².